The summed E-state index contributed by atoms with van der Waals surface area (Å²) in [5.41, 5.74) is 2.15. The summed E-state index contributed by atoms with van der Waals surface area (Å²) in [5.74, 6) is 0.00496. The van der Waals surface area contributed by atoms with Gasteiger partial charge in [-0.1, -0.05) is 19.1 Å². The van der Waals surface area contributed by atoms with Crippen LogP contribution in [0.1, 0.15) is 41.7 Å². The van der Waals surface area contributed by atoms with Crippen LogP contribution < -0.4 is 0 Å². The summed E-state index contributed by atoms with van der Waals surface area (Å²) in [6, 6.07) is 10.4. The van der Waals surface area contributed by atoms with Gasteiger partial charge in [-0.15, -0.1) is 0 Å². The molecule has 2 aromatic heterocycles. The van der Waals surface area contributed by atoms with E-state index in [9.17, 15) is 13.2 Å². The molecule has 1 fully saturated rings. The van der Waals surface area contributed by atoms with Crippen molar-refractivity contribution in [2.24, 2.45) is 7.05 Å². The van der Waals surface area contributed by atoms with Gasteiger partial charge in [0.05, 0.1) is 21.9 Å². The summed E-state index contributed by atoms with van der Waals surface area (Å²) in [5, 5.41) is 5.73. The van der Waals surface area contributed by atoms with Crippen molar-refractivity contribution >= 4 is 26.8 Å². The predicted molar refractivity (Wildman–Crippen MR) is 111 cm³/mol. The number of pyridine rings is 1. The number of benzene rings is 1. The average Bonchev–Trinajstić information content (AvgIpc) is 3.10. The van der Waals surface area contributed by atoms with Crippen LogP contribution in [-0.2, 0) is 16.9 Å². The van der Waals surface area contributed by atoms with Crippen LogP contribution in [0.15, 0.2) is 47.5 Å². The van der Waals surface area contributed by atoms with Gasteiger partial charge < -0.3 is 4.90 Å². The Balaban J connectivity index is 1.54. The molecule has 152 valence electrons. The maximum Gasteiger partial charge on any atom is 0.255 e. The molecular weight excluding hydrogens is 388 g/mol. The van der Waals surface area contributed by atoms with E-state index in [4.69, 9.17) is 0 Å². The van der Waals surface area contributed by atoms with Gasteiger partial charge in [-0.05, 0) is 37.1 Å². The van der Waals surface area contributed by atoms with Crippen LogP contribution >= 0.6 is 0 Å². The van der Waals surface area contributed by atoms with E-state index in [1.807, 2.05) is 19.2 Å². The Kier molecular flexibility index (Phi) is 5.12. The molecule has 1 saturated heterocycles. The van der Waals surface area contributed by atoms with Crippen molar-refractivity contribution in [1.82, 2.24) is 19.7 Å². The zero-order chi connectivity index (χ0) is 20.6. The van der Waals surface area contributed by atoms with Gasteiger partial charge in [-0.25, -0.2) is 13.4 Å². The highest BCUT2D eigenvalue weighted by atomic mass is 32.2. The fourth-order valence-electron chi connectivity index (χ4n) is 4.02. The SMILES string of the molecule is CCS(=O)(=O)c1ccccc1C(=O)N1CCC(c2nn(C)c3ncccc23)CC1. The molecule has 0 spiro atoms. The third kappa shape index (κ3) is 3.53. The van der Waals surface area contributed by atoms with E-state index < -0.39 is 9.84 Å². The number of hydrogen-bond donors (Lipinski definition) is 0. The molecule has 4 rings (SSSR count). The van der Waals surface area contributed by atoms with E-state index in [0.29, 0.717) is 13.1 Å². The highest BCUT2D eigenvalue weighted by molar-refractivity contribution is 7.91. The molecule has 29 heavy (non-hydrogen) atoms. The summed E-state index contributed by atoms with van der Waals surface area (Å²) in [7, 11) is -1.56. The van der Waals surface area contributed by atoms with Crippen molar-refractivity contribution in [2.75, 3.05) is 18.8 Å². The molecule has 0 radical (unpaired) electrons. The second-order valence-electron chi connectivity index (χ2n) is 7.35. The van der Waals surface area contributed by atoms with Crippen LogP contribution in [0.5, 0.6) is 0 Å². The van der Waals surface area contributed by atoms with Crippen molar-refractivity contribution in [3.63, 3.8) is 0 Å². The fourth-order valence-corrected chi connectivity index (χ4v) is 5.10. The fraction of sp³-hybridized carbons (Fsp3) is 0.381. The van der Waals surface area contributed by atoms with Gasteiger partial charge in [0.2, 0.25) is 0 Å². The minimum Gasteiger partial charge on any atom is -0.339 e. The zero-order valence-corrected chi connectivity index (χ0v) is 17.4. The first-order chi connectivity index (χ1) is 13.9. The van der Waals surface area contributed by atoms with E-state index in [1.54, 1.807) is 40.9 Å². The van der Waals surface area contributed by atoms with E-state index in [2.05, 4.69) is 10.1 Å². The van der Waals surface area contributed by atoms with E-state index >= 15 is 0 Å². The lowest BCUT2D eigenvalue weighted by Gasteiger charge is -2.32. The number of likely N-dealkylation sites (tertiary alicyclic amines) is 1. The molecule has 1 aliphatic heterocycles. The molecule has 1 aliphatic rings. The van der Waals surface area contributed by atoms with Gasteiger partial charge in [0.1, 0.15) is 0 Å². The average molecular weight is 413 g/mol. The second kappa shape index (κ2) is 7.59. The number of sulfone groups is 1. The lowest BCUT2D eigenvalue weighted by molar-refractivity contribution is 0.0708. The van der Waals surface area contributed by atoms with Crippen molar-refractivity contribution in [3.05, 3.63) is 53.9 Å². The number of carbonyl (C=O) groups excluding carboxylic acids is 1. The lowest BCUT2D eigenvalue weighted by Crippen LogP contribution is -2.38. The standard InChI is InChI=1S/C21H24N4O3S/c1-3-29(27,28)18-9-5-4-7-16(18)21(26)25-13-10-15(11-14-25)19-17-8-6-12-22-20(17)24(2)23-19/h4-9,12,15H,3,10-11,13-14H2,1-2H3. The molecule has 0 saturated carbocycles. The number of nitrogens with zero attached hydrogens (tertiary/aromatic N) is 4. The summed E-state index contributed by atoms with van der Waals surface area (Å²) in [4.78, 5) is 19.3. The molecule has 0 aliphatic carbocycles. The largest absolute Gasteiger partial charge is 0.339 e. The first-order valence-electron chi connectivity index (χ1n) is 9.81. The van der Waals surface area contributed by atoms with E-state index in [1.165, 1.54) is 6.07 Å². The number of carbonyl (C=O) groups is 1. The molecule has 7 nitrogen and oxygen atoms in total. The first-order valence-corrected chi connectivity index (χ1v) is 11.5. The maximum absolute atomic E-state index is 13.1. The van der Waals surface area contributed by atoms with Crippen molar-refractivity contribution in [2.45, 2.75) is 30.6 Å². The molecule has 0 bridgehead atoms. The Morgan fingerprint density at radius 2 is 1.86 bits per heavy atom. The normalized spacial score (nSPS) is 15.7. The number of piperidine rings is 1. The highest BCUT2D eigenvalue weighted by Gasteiger charge is 2.30. The number of hydrogen-bond acceptors (Lipinski definition) is 5. The van der Waals surface area contributed by atoms with Gasteiger partial charge in [0, 0.05) is 37.6 Å². The third-order valence-corrected chi connectivity index (χ3v) is 7.41. The van der Waals surface area contributed by atoms with Crippen LogP contribution in [0.4, 0.5) is 0 Å². The monoisotopic (exact) mass is 412 g/mol. The Labute approximate surface area is 170 Å². The molecule has 3 heterocycles. The minimum absolute atomic E-state index is 0.0276. The van der Waals surface area contributed by atoms with E-state index in [0.717, 1.165) is 29.6 Å². The molecular formula is C21H24N4O3S. The number of fused-ring (bicyclic) bond motifs is 1. The molecule has 1 amide bonds. The first kappa shape index (κ1) is 19.6. The molecule has 3 aromatic rings. The lowest BCUT2D eigenvalue weighted by atomic mass is 9.91. The Bertz CT molecular complexity index is 1160. The predicted octanol–water partition coefficient (Wildman–Crippen LogP) is 2.78. The van der Waals surface area contributed by atoms with Crippen LogP contribution in [-0.4, -0.2) is 52.8 Å². The summed E-state index contributed by atoms with van der Waals surface area (Å²) in [6.45, 7) is 2.73. The van der Waals surface area contributed by atoms with Crippen LogP contribution in [0.25, 0.3) is 11.0 Å². The quantitative estimate of drug-likeness (QED) is 0.658. The number of amides is 1. The van der Waals surface area contributed by atoms with Crippen LogP contribution in [0.2, 0.25) is 0 Å². The topological polar surface area (TPSA) is 85.2 Å². The number of rotatable bonds is 4. The Morgan fingerprint density at radius 3 is 2.59 bits per heavy atom. The van der Waals surface area contributed by atoms with Crippen molar-refractivity contribution in [1.29, 1.82) is 0 Å². The van der Waals surface area contributed by atoms with Gasteiger partial charge in [-0.2, -0.15) is 5.10 Å². The molecule has 8 heteroatoms. The highest BCUT2D eigenvalue weighted by Crippen LogP contribution is 2.32. The summed E-state index contributed by atoms with van der Waals surface area (Å²) >= 11 is 0. The van der Waals surface area contributed by atoms with Gasteiger partial charge >= 0.3 is 0 Å². The second-order valence-corrected chi connectivity index (χ2v) is 9.60. The Morgan fingerprint density at radius 1 is 1.14 bits per heavy atom. The molecule has 0 atom stereocenters. The number of aryl methyl sites for hydroxylation is 1. The van der Waals surface area contributed by atoms with Crippen molar-refractivity contribution < 1.29 is 13.2 Å². The van der Waals surface area contributed by atoms with Gasteiger partial charge in [0.15, 0.2) is 15.5 Å². The summed E-state index contributed by atoms with van der Waals surface area (Å²) in [6.07, 6.45) is 3.34. The maximum atomic E-state index is 13.1. The smallest absolute Gasteiger partial charge is 0.255 e. The minimum atomic E-state index is -3.46. The summed E-state index contributed by atoms with van der Waals surface area (Å²) < 4.78 is 26.6. The van der Waals surface area contributed by atoms with Crippen LogP contribution in [0, 0.1) is 0 Å². The Hall–Kier alpha value is -2.74. The van der Waals surface area contributed by atoms with Gasteiger partial charge in [-0.3, -0.25) is 9.48 Å². The number of aromatic nitrogens is 3. The van der Waals surface area contributed by atoms with Crippen LogP contribution in [0.3, 0.4) is 0 Å². The molecule has 0 N–H and O–H groups in total. The van der Waals surface area contributed by atoms with Gasteiger partial charge in [0.25, 0.3) is 5.91 Å². The third-order valence-electron chi connectivity index (χ3n) is 5.63. The zero-order valence-electron chi connectivity index (χ0n) is 16.6. The van der Waals surface area contributed by atoms with E-state index in [-0.39, 0.29) is 28.0 Å². The molecule has 1 aromatic carbocycles. The molecule has 0 unspecified atom stereocenters. The van der Waals surface area contributed by atoms with Crippen molar-refractivity contribution in [3.8, 4) is 0 Å².